The number of rotatable bonds is 4. The smallest absolute Gasteiger partial charge is 0.284 e. The van der Waals surface area contributed by atoms with Crippen LogP contribution >= 0.6 is 11.8 Å². The van der Waals surface area contributed by atoms with E-state index in [0.717, 1.165) is 11.6 Å². The maximum atomic E-state index is 12.1. The number of piperidine rings is 1. The van der Waals surface area contributed by atoms with Gasteiger partial charge >= 0.3 is 0 Å². The van der Waals surface area contributed by atoms with Gasteiger partial charge in [-0.25, -0.2) is 4.99 Å². The van der Waals surface area contributed by atoms with Crippen LogP contribution in [0.4, 0.5) is 5.69 Å². The van der Waals surface area contributed by atoms with Gasteiger partial charge in [0.05, 0.1) is 14.9 Å². The van der Waals surface area contributed by atoms with Crippen molar-refractivity contribution in [1.82, 2.24) is 4.90 Å². The number of benzene rings is 1. The standard InChI is InChI=1S/C17H19N3O3S/c1-12-5-2-3-8-19(12)11-16-18-17(21)15(24-16)10-13-6-4-7-14(9-13)20(22)23/h4,6-7,9-10,12H,2-3,5,8,11H2,1H3/b15-10+. The minimum atomic E-state index is -0.439. The Morgan fingerprint density at radius 2 is 2.29 bits per heavy atom. The van der Waals surface area contributed by atoms with Crippen molar-refractivity contribution in [2.75, 3.05) is 13.1 Å². The number of nitro benzene ring substituents is 1. The Morgan fingerprint density at radius 3 is 3.04 bits per heavy atom. The molecule has 1 atom stereocenters. The largest absolute Gasteiger partial charge is 0.294 e. The molecule has 2 aliphatic rings. The van der Waals surface area contributed by atoms with Crippen molar-refractivity contribution in [2.24, 2.45) is 4.99 Å². The molecule has 24 heavy (non-hydrogen) atoms. The molecule has 2 heterocycles. The molecule has 0 bridgehead atoms. The Bertz CT molecular complexity index is 730. The van der Waals surface area contributed by atoms with Crippen LogP contribution in [0.15, 0.2) is 34.2 Å². The van der Waals surface area contributed by atoms with E-state index >= 15 is 0 Å². The molecule has 0 radical (unpaired) electrons. The highest BCUT2D eigenvalue weighted by Crippen LogP contribution is 2.30. The molecule has 1 aromatic rings. The maximum Gasteiger partial charge on any atom is 0.284 e. The van der Waals surface area contributed by atoms with Gasteiger partial charge in [-0.05, 0) is 37.9 Å². The molecule has 0 aliphatic carbocycles. The number of hydrogen-bond acceptors (Lipinski definition) is 5. The minimum absolute atomic E-state index is 0.0167. The molecule has 7 heteroatoms. The van der Waals surface area contributed by atoms with Gasteiger partial charge in [-0.15, -0.1) is 0 Å². The fraction of sp³-hybridized carbons (Fsp3) is 0.412. The zero-order chi connectivity index (χ0) is 17.1. The lowest BCUT2D eigenvalue weighted by Gasteiger charge is -2.32. The van der Waals surface area contributed by atoms with Crippen LogP contribution in [0.25, 0.3) is 6.08 Å². The molecule has 6 nitrogen and oxygen atoms in total. The summed E-state index contributed by atoms with van der Waals surface area (Å²) in [5.41, 5.74) is 0.658. The van der Waals surface area contributed by atoms with Gasteiger partial charge in [0, 0.05) is 24.7 Å². The lowest BCUT2D eigenvalue weighted by Crippen LogP contribution is -2.40. The van der Waals surface area contributed by atoms with Crippen LogP contribution in [0.3, 0.4) is 0 Å². The molecule has 126 valence electrons. The maximum absolute atomic E-state index is 12.1. The number of nitrogens with zero attached hydrogens (tertiary/aromatic N) is 3. The fourth-order valence-electron chi connectivity index (χ4n) is 2.97. The fourth-order valence-corrected chi connectivity index (χ4v) is 3.91. The van der Waals surface area contributed by atoms with E-state index in [2.05, 4.69) is 16.8 Å². The summed E-state index contributed by atoms with van der Waals surface area (Å²) in [6, 6.07) is 6.78. The highest BCUT2D eigenvalue weighted by atomic mass is 32.2. The van der Waals surface area contributed by atoms with E-state index in [0.29, 0.717) is 23.1 Å². The summed E-state index contributed by atoms with van der Waals surface area (Å²) in [6.45, 7) is 3.95. The van der Waals surface area contributed by atoms with E-state index in [1.165, 1.54) is 43.2 Å². The first-order chi connectivity index (χ1) is 11.5. The molecule has 1 aromatic carbocycles. The normalized spacial score (nSPS) is 23.5. The van der Waals surface area contributed by atoms with Crippen molar-refractivity contribution in [1.29, 1.82) is 0 Å². The molecule has 1 unspecified atom stereocenters. The zero-order valence-corrected chi connectivity index (χ0v) is 14.3. The van der Waals surface area contributed by atoms with E-state index in [9.17, 15) is 14.9 Å². The van der Waals surface area contributed by atoms with E-state index in [1.54, 1.807) is 18.2 Å². The molecule has 1 amide bonds. The second-order valence-corrected chi connectivity index (χ2v) is 7.20. The van der Waals surface area contributed by atoms with E-state index in [-0.39, 0.29) is 11.6 Å². The van der Waals surface area contributed by atoms with Crippen LogP contribution in [0.5, 0.6) is 0 Å². The number of hydrogen-bond donors (Lipinski definition) is 0. The van der Waals surface area contributed by atoms with Crippen molar-refractivity contribution in [2.45, 2.75) is 32.2 Å². The second kappa shape index (κ2) is 7.27. The van der Waals surface area contributed by atoms with Gasteiger partial charge in [0.2, 0.25) is 0 Å². The number of nitro groups is 1. The van der Waals surface area contributed by atoms with Gasteiger partial charge in [0.15, 0.2) is 0 Å². The quantitative estimate of drug-likeness (QED) is 0.474. The molecular formula is C17H19N3O3S. The average molecular weight is 345 g/mol. The molecule has 0 saturated carbocycles. The summed E-state index contributed by atoms with van der Waals surface area (Å²) < 4.78 is 0. The first-order valence-corrected chi connectivity index (χ1v) is 8.84. The van der Waals surface area contributed by atoms with Gasteiger partial charge in [0.25, 0.3) is 11.6 Å². The van der Waals surface area contributed by atoms with Crippen LogP contribution in [0, 0.1) is 10.1 Å². The number of non-ortho nitro benzene ring substituents is 1. The van der Waals surface area contributed by atoms with Crippen LogP contribution in [-0.4, -0.2) is 39.9 Å². The molecule has 1 fully saturated rings. The summed E-state index contributed by atoms with van der Waals surface area (Å²) >= 11 is 1.37. The summed E-state index contributed by atoms with van der Waals surface area (Å²) in [5, 5.41) is 11.7. The third kappa shape index (κ3) is 3.91. The van der Waals surface area contributed by atoms with Crippen LogP contribution < -0.4 is 0 Å². The Hall–Kier alpha value is -1.99. The molecular weight excluding hydrogens is 326 g/mol. The number of carbonyl (C=O) groups is 1. The topological polar surface area (TPSA) is 75.8 Å². The Labute approximate surface area is 144 Å². The minimum Gasteiger partial charge on any atom is -0.294 e. The first-order valence-electron chi connectivity index (χ1n) is 8.03. The lowest BCUT2D eigenvalue weighted by atomic mass is 10.0. The number of likely N-dealkylation sites (tertiary alicyclic amines) is 1. The van der Waals surface area contributed by atoms with Gasteiger partial charge in [0.1, 0.15) is 0 Å². The highest BCUT2D eigenvalue weighted by molar-refractivity contribution is 8.18. The van der Waals surface area contributed by atoms with Crippen LogP contribution in [0.1, 0.15) is 31.7 Å². The Morgan fingerprint density at radius 1 is 1.46 bits per heavy atom. The van der Waals surface area contributed by atoms with Crippen LogP contribution in [-0.2, 0) is 4.79 Å². The Balaban J connectivity index is 1.70. The number of aliphatic imine (C=N–C) groups is 1. The van der Waals surface area contributed by atoms with E-state index in [4.69, 9.17) is 0 Å². The second-order valence-electron chi connectivity index (χ2n) is 6.09. The monoisotopic (exact) mass is 345 g/mol. The number of thioether (sulfide) groups is 1. The average Bonchev–Trinajstić information content (AvgIpc) is 2.89. The van der Waals surface area contributed by atoms with Gasteiger partial charge in [-0.1, -0.05) is 30.3 Å². The van der Waals surface area contributed by atoms with Gasteiger partial charge < -0.3 is 0 Å². The van der Waals surface area contributed by atoms with Gasteiger partial charge in [-0.2, -0.15) is 0 Å². The summed E-state index contributed by atoms with van der Waals surface area (Å²) in [6.07, 6.45) is 5.30. The van der Waals surface area contributed by atoms with Gasteiger partial charge in [-0.3, -0.25) is 19.8 Å². The third-order valence-corrected chi connectivity index (χ3v) is 5.29. The third-order valence-electron chi connectivity index (χ3n) is 4.32. The number of carbonyl (C=O) groups excluding carboxylic acids is 1. The lowest BCUT2D eigenvalue weighted by molar-refractivity contribution is -0.384. The number of amides is 1. The molecule has 0 spiro atoms. The summed E-state index contributed by atoms with van der Waals surface area (Å²) in [4.78, 5) is 29.5. The molecule has 0 N–H and O–H groups in total. The van der Waals surface area contributed by atoms with Crippen molar-refractivity contribution >= 4 is 34.5 Å². The van der Waals surface area contributed by atoms with Crippen molar-refractivity contribution in [3.8, 4) is 0 Å². The van der Waals surface area contributed by atoms with E-state index in [1.807, 2.05) is 0 Å². The van der Waals surface area contributed by atoms with Crippen molar-refractivity contribution < 1.29 is 9.72 Å². The van der Waals surface area contributed by atoms with Crippen LogP contribution in [0.2, 0.25) is 0 Å². The predicted octanol–water partition coefficient (Wildman–Crippen LogP) is 3.48. The zero-order valence-electron chi connectivity index (χ0n) is 13.5. The SMILES string of the molecule is CC1CCCCN1CC1=NC(=O)/C(=C\c2cccc([N+](=O)[O-])c2)S1. The highest BCUT2D eigenvalue weighted by Gasteiger charge is 2.26. The summed E-state index contributed by atoms with van der Waals surface area (Å²) in [7, 11) is 0. The van der Waals surface area contributed by atoms with E-state index < -0.39 is 4.92 Å². The molecule has 2 aliphatic heterocycles. The first kappa shape index (κ1) is 16.9. The Kier molecular flexibility index (Phi) is 5.11. The summed E-state index contributed by atoms with van der Waals surface area (Å²) in [5.74, 6) is -0.258. The van der Waals surface area contributed by atoms with Crippen molar-refractivity contribution in [3.05, 3.63) is 44.8 Å². The molecule has 0 aromatic heterocycles. The molecule has 1 saturated heterocycles. The predicted molar refractivity (Wildman–Crippen MR) is 96.0 cm³/mol. The molecule has 3 rings (SSSR count). The van der Waals surface area contributed by atoms with Crippen molar-refractivity contribution in [3.63, 3.8) is 0 Å².